The first-order valence-corrected chi connectivity index (χ1v) is 5.56. The predicted molar refractivity (Wildman–Crippen MR) is 49.8 cm³/mol. The molecule has 0 aromatic carbocycles. The standard InChI is InChI=1S/C7H15NS.H3N/c1-4-9(5-2,6-3)7-8;/h4-6H2,1-3H3;1H3. The Hall–Kier alpha value is -0.200. The van der Waals surface area contributed by atoms with Gasteiger partial charge >= 0.3 is 0 Å². The van der Waals surface area contributed by atoms with Crippen LogP contribution in [0.2, 0.25) is 0 Å². The van der Waals surface area contributed by atoms with E-state index in [0.29, 0.717) is 0 Å². The van der Waals surface area contributed by atoms with Gasteiger partial charge in [-0.25, -0.2) is 0 Å². The Balaban J connectivity index is 0. The molecule has 0 atom stereocenters. The van der Waals surface area contributed by atoms with E-state index in [2.05, 4.69) is 26.2 Å². The van der Waals surface area contributed by atoms with Gasteiger partial charge in [0.15, 0.2) is 0 Å². The van der Waals surface area contributed by atoms with Crippen LogP contribution in [0.5, 0.6) is 0 Å². The molecule has 0 radical (unpaired) electrons. The summed E-state index contributed by atoms with van der Waals surface area (Å²) in [6.45, 7) is 6.35. The SMILES string of the molecule is CCS(C#N)(CC)CC.N. The fourth-order valence-corrected chi connectivity index (χ4v) is 2.42. The van der Waals surface area contributed by atoms with Crippen LogP contribution in [0, 0.1) is 10.7 Å². The minimum Gasteiger partial charge on any atom is -0.344 e. The lowest BCUT2D eigenvalue weighted by atomic mass is 10.9. The summed E-state index contributed by atoms with van der Waals surface area (Å²) in [6, 6.07) is 0. The van der Waals surface area contributed by atoms with Gasteiger partial charge in [0.1, 0.15) is 5.40 Å². The van der Waals surface area contributed by atoms with E-state index in [1.807, 2.05) is 0 Å². The van der Waals surface area contributed by atoms with Gasteiger partial charge in [0, 0.05) is 0 Å². The van der Waals surface area contributed by atoms with Gasteiger partial charge in [-0.2, -0.15) is 15.3 Å². The number of nitrogens with zero attached hydrogens (tertiary/aromatic N) is 1. The van der Waals surface area contributed by atoms with Crippen molar-refractivity contribution in [3.05, 3.63) is 0 Å². The topological polar surface area (TPSA) is 58.8 Å². The van der Waals surface area contributed by atoms with Crippen LogP contribution in [0.15, 0.2) is 0 Å². The fourth-order valence-electron chi connectivity index (χ4n) is 0.806. The van der Waals surface area contributed by atoms with E-state index in [0.717, 1.165) is 17.3 Å². The lowest BCUT2D eigenvalue weighted by Crippen LogP contribution is -2.04. The molecule has 3 N–H and O–H groups in total. The molecule has 10 heavy (non-hydrogen) atoms. The van der Waals surface area contributed by atoms with Crippen molar-refractivity contribution >= 4 is 10.0 Å². The first kappa shape index (κ1) is 12.5. The molecular weight excluding hydrogens is 144 g/mol. The number of thiocyanates is 1. The summed E-state index contributed by atoms with van der Waals surface area (Å²) in [5, 5.41) is 11.2. The molecule has 0 aliphatic carbocycles. The Morgan fingerprint density at radius 2 is 1.40 bits per heavy atom. The normalized spacial score (nSPS) is 11.4. The second-order valence-corrected chi connectivity index (χ2v) is 6.01. The lowest BCUT2D eigenvalue weighted by molar-refractivity contribution is 1.35. The van der Waals surface area contributed by atoms with Crippen LogP contribution < -0.4 is 6.15 Å². The van der Waals surface area contributed by atoms with E-state index in [-0.39, 0.29) is 6.15 Å². The first-order valence-electron chi connectivity index (χ1n) is 3.42. The number of hydrogen-bond donors (Lipinski definition) is 1. The predicted octanol–water partition coefficient (Wildman–Crippen LogP) is 2.49. The van der Waals surface area contributed by atoms with Crippen LogP contribution in [0.1, 0.15) is 20.8 Å². The first-order chi connectivity index (χ1) is 4.24. The molecule has 2 nitrogen and oxygen atoms in total. The molecule has 0 bridgehead atoms. The maximum Gasteiger partial charge on any atom is 0.113 e. The summed E-state index contributed by atoms with van der Waals surface area (Å²) in [5.74, 6) is 3.20. The van der Waals surface area contributed by atoms with Gasteiger partial charge in [-0.05, 0) is 17.3 Å². The van der Waals surface area contributed by atoms with Crippen LogP contribution in [0.3, 0.4) is 0 Å². The van der Waals surface area contributed by atoms with E-state index in [4.69, 9.17) is 5.26 Å². The maximum atomic E-state index is 8.76. The highest BCUT2D eigenvalue weighted by Gasteiger charge is 2.15. The summed E-state index contributed by atoms with van der Waals surface area (Å²) >= 11 is 0. The third kappa shape index (κ3) is 2.59. The average Bonchev–Trinajstić information content (AvgIpc) is 1.95. The van der Waals surface area contributed by atoms with Crippen LogP contribution in [0.4, 0.5) is 0 Å². The van der Waals surface area contributed by atoms with E-state index < -0.39 is 10.0 Å². The monoisotopic (exact) mass is 162 g/mol. The van der Waals surface area contributed by atoms with Crippen molar-refractivity contribution in [1.82, 2.24) is 6.15 Å². The molecule has 0 heterocycles. The zero-order valence-electron chi connectivity index (χ0n) is 7.18. The summed E-state index contributed by atoms with van der Waals surface area (Å²) in [6.07, 6.45) is 0. The Labute approximate surface area is 65.5 Å². The third-order valence-corrected chi connectivity index (χ3v) is 5.55. The van der Waals surface area contributed by atoms with Gasteiger partial charge in [-0.1, -0.05) is 20.8 Å². The summed E-state index contributed by atoms with van der Waals surface area (Å²) < 4.78 is 0. The van der Waals surface area contributed by atoms with Crippen molar-refractivity contribution in [2.24, 2.45) is 0 Å². The van der Waals surface area contributed by atoms with E-state index in [1.54, 1.807) is 0 Å². The van der Waals surface area contributed by atoms with Crippen LogP contribution in [0.25, 0.3) is 0 Å². The molecular formula is C7H18N2S. The molecule has 0 saturated carbocycles. The third-order valence-electron chi connectivity index (χ3n) is 1.85. The van der Waals surface area contributed by atoms with Crippen LogP contribution in [-0.4, -0.2) is 17.3 Å². The number of nitriles is 1. The Morgan fingerprint density at radius 3 is 1.40 bits per heavy atom. The van der Waals surface area contributed by atoms with E-state index in [1.165, 1.54) is 0 Å². The fraction of sp³-hybridized carbons (Fsp3) is 0.857. The average molecular weight is 162 g/mol. The molecule has 0 spiro atoms. The van der Waals surface area contributed by atoms with Gasteiger partial charge in [0.25, 0.3) is 0 Å². The van der Waals surface area contributed by atoms with Gasteiger partial charge in [0.2, 0.25) is 0 Å². The molecule has 0 aromatic rings. The molecule has 0 unspecified atom stereocenters. The molecule has 0 amide bonds. The Morgan fingerprint density at radius 1 is 1.10 bits per heavy atom. The second-order valence-electron chi connectivity index (χ2n) is 2.00. The largest absolute Gasteiger partial charge is 0.344 e. The van der Waals surface area contributed by atoms with Gasteiger partial charge < -0.3 is 6.15 Å². The molecule has 0 rings (SSSR count). The maximum absolute atomic E-state index is 8.76. The summed E-state index contributed by atoms with van der Waals surface area (Å²) in [7, 11) is -0.843. The van der Waals surface area contributed by atoms with E-state index >= 15 is 0 Å². The molecule has 0 aliphatic rings. The highest BCUT2D eigenvalue weighted by atomic mass is 32.3. The minimum absolute atomic E-state index is 0. The van der Waals surface area contributed by atoms with Crippen molar-refractivity contribution in [2.45, 2.75) is 20.8 Å². The van der Waals surface area contributed by atoms with E-state index in [9.17, 15) is 0 Å². The summed E-state index contributed by atoms with van der Waals surface area (Å²) in [5.41, 5.74) is 0. The molecule has 62 valence electrons. The Kier molecular flexibility index (Phi) is 6.95. The zero-order chi connectivity index (χ0) is 7.33. The van der Waals surface area contributed by atoms with Gasteiger partial charge in [-0.3, -0.25) is 0 Å². The number of rotatable bonds is 3. The van der Waals surface area contributed by atoms with Gasteiger partial charge in [-0.15, -0.1) is 0 Å². The molecule has 3 heteroatoms. The lowest BCUT2D eigenvalue weighted by Gasteiger charge is -2.27. The highest BCUT2D eigenvalue weighted by Crippen LogP contribution is 2.44. The van der Waals surface area contributed by atoms with Crippen molar-refractivity contribution in [3.8, 4) is 5.40 Å². The van der Waals surface area contributed by atoms with Crippen molar-refractivity contribution < 1.29 is 0 Å². The minimum atomic E-state index is -0.843. The zero-order valence-corrected chi connectivity index (χ0v) is 8.00. The van der Waals surface area contributed by atoms with Crippen molar-refractivity contribution in [1.29, 1.82) is 5.26 Å². The van der Waals surface area contributed by atoms with Gasteiger partial charge in [0.05, 0.1) is 0 Å². The Bertz CT molecular complexity index is 105. The van der Waals surface area contributed by atoms with Crippen molar-refractivity contribution in [2.75, 3.05) is 17.3 Å². The van der Waals surface area contributed by atoms with Crippen molar-refractivity contribution in [3.63, 3.8) is 0 Å². The summed E-state index contributed by atoms with van der Waals surface area (Å²) in [4.78, 5) is 0. The molecule has 0 aromatic heterocycles. The second kappa shape index (κ2) is 5.57. The van der Waals surface area contributed by atoms with Crippen LogP contribution in [-0.2, 0) is 0 Å². The quantitative estimate of drug-likeness (QED) is 0.648. The smallest absolute Gasteiger partial charge is 0.113 e. The highest BCUT2D eigenvalue weighted by molar-refractivity contribution is 8.37. The molecule has 0 fully saturated rings. The molecule has 0 saturated heterocycles. The van der Waals surface area contributed by atoms with Crippen LogP contribution >= 0.6 is 10.0 Å². The molecule has 0 aliphatic heterocycles. The number of hydrogen-bond acceptors (Lipinski definition) is 2.